The molecule has 96 valence electrons. The van der Waals surface area contributed by atoms with Crippen LogP contribution in [0.5, 0.6) is 0 Å². The van der Waals surface area contributed by atoms with Crippen LogP contribution in [0, 0.1) is 0 Å². The van der Waals surface area contributed by atoms with Gasteiger partial charge in [0.05, 0.1) is 6.04 Å². The zero-order valence-corrected chi connectivity index (χ0v) is 11.2. The van der Waals surface area contributed by atoms with E-state index in [1.807, 2.05) is 44.2 Å². The predicted molar refractivity (Wildman–Crippen MR) is 73.3 cm³/mol. The minimum absolute atomic E-state index is 0. The zero-order chi connectivity index (χ0) is 12.0. The number of hydrogen-bond donors (Lipinski definition) is 2. The van der Waals surface area contributed by atoms with Gasteiger partial charge in [-0.3, -0.25) is 4.79 Å². The summed E-state index contributed by atoms with van der Waals surface area (Å²) in [6.45, 7) is 4.01. The molecule has 1 unspecified atom stereocenters. The van der Waals surface area contributed by atoms with Crippen molar-refractivity contribution >= 4 is 18.3 Å². The Morgan fingerprint density at radius 1 is 1.35 bits per heavy atom. The van der Waals surface area contributed by atoms with Crippen LogP contribution < -0.4 is 11.1 Å². The number of carbonyl (C=O) groups excluding carboxylic acids is 1. The third kappa shape index (κ3) is 5.71. The van der Waals surface area contributed by atoms with Crippen LogP contribution in [0.3, 0.4) is 0 Å². The molecule has 17 heavy (non-hydrogen) atoms. The highest BCUT2D eigenvalue weighted by atomic mass is 35.5. The third-order valence-corrected chi connectivity index (χ3v) is 2.64. The van der Waals surface area contributed by atoms with Gasteiger partial charge in [-0.15, -0.1) is 12.4 Å². The quantitative estimate of drug-likeness (QED) is 0.845. The fourth-order valence-electron chi connectivity index (χ4n) is 1.41. The normalized spacial score (nSPS) is 13.4. The van der Waals surface area contributed by atoms with Gasteiger partial charge in [0.1, 0.15) is 0 Å². The second-order valence-electron chi connectivity index (χ2n) is 4.11. The molecule has 0 aliphatic carbocycles. The van der Waals surface area contributed by atoms with E-state index in [-0.39, 0.29) is 24.4 Å². The minimum atomic E-state index is -0.462. The molecule has 0 aliphatic rings. The van der Waals surface area contributed by atoms with E-state index in [9.17, 15) is 4.79 Å². The Bertz CT molecular complexity index is 329. The summed E-state index contributed by atoms with van der Waals surface area (Å²) in [4.78, 5) is 11.7. The van der Waals surface area contributed by atoms with Crippen molar-refractivity contribution in [3.63, 3.8) is 0 Å². The van der Waals surface area contributed by atoms with E-state index in [1.54, 1.807) is 0 Å². The maximum atomic E-state index is 11.7. The van der Waals surface area contributed by atoms with Gasteiger partial charge in [-0.25, -0.2) is 0 Å². The van der Waals surface area contributed by atoms with E-state index < -0.39 is 6.04 Å². The average Bonchev–Trinajstić information content (AvgIpc) is 2.30. The van der Waals surface area contributed by atoms with Gasteiger partial charge in [0.25, 0.3) is 0 Å². The molecule has 0 spiro atoms. The molecule has 3 N–H and O–H groups in total. The molecule has 4 heteroatoms. The summed E-state index contributed by atoms with van der Waals surface area (Å²) in [5.74, 6) is -0.0711. The Labute approximate surface area is 109 Å². The molecule has 0 aliphatic heterocycles. The average molecular weight is 257 g/mol. The Morgan fingerprint density at radius 3 is 2.47 bits per heavy atom. The van der Waals surface area contributed by atoms with Gasteiger partial charge in [-0.05, 0) is 25.3 Å². The number of nitrogens with one attached hydrogen (secondary N) is 1. The van der Waals surface area contributed by atoms with Crippen LogP contribution in [0.1, 0.15) is 25.8 Å². The first-order valence-electron chi connectivity index (χ1n) is 5.73. The Morgan fingerprint density at radius 2 is 1.94 bits per heavy atom. The Balaban J connectivity index is 0.00000256. The number of amides is 1. The van der Waals surface area contributed by atoms with E-state index in [4.69, 9.17) is 5.73 Å². The lowest BCUT2D eigenvalue weighted by Crippen LogP contribution is -2.45. The summed E-state index contributed by atoms with van der Waals surface area (Å²) >= 11 is 0. The molecule has 0 bridgehead atoms. The van der Waals surface area contributed by atoms with Crippen molar-refractivity contribution in [2.24, 2.45) is 5.73 Å². The molecule has 1 amide bonds. The fraction of sp³-hybridized carbons (Fsp3) is 0.462. The molecule has 3 nitrogen and oxygen atoms in total. The van der Waals surface area contributed by atoms with Crippen molar-refractivity contribution in [2.45, 2.75) is 38.8 Å². The lowest BCUT2D eigenvalue weighted by Gasteiger charge is -2.16. The molecule has 2 atom stereocenters. The van der Waals surface area contributed by atoms with Gasteiger partial charge in [0, 0.05) is 6.04 Å². The molecule has 0 heterocycles. The van der Waals surface area contributed by atoms with Gasteiger partial charge < -0.3 is 11.1 Å². The number of carbonyl (C=O) groups is 1. The van der Waals surface area contributed by atoms with Crippen LogP contribution in [0.15, 0.2) is 30.3 Å². The summed E-state index contributed by atoms with van der Waals surface area (Å²) in [6.07, 6.45) is 1.51. The molecular formula is C13H21ClN2O. The number of hydrogen-bond acceptors (Lipinski definition) is 2. The SMILES string of the molecule is CCC(C)NC(=O)[C@@H](N)Cc1ccccc1.Cl. The molecular weight excluding hydrogens is 236 g/mol. The van der Waals surface area contributed by atoms with Crippen LogP contribution >= 0.6 is 12.4 Å². The molecule has 0 saturated carbocycles. The third-order valence-electron chi connectivity index (χ3n) is 2.64. The molecule has 1 rings (SSSR count). The van der Waals surface area contributed by atoms with Crippen molar-refractivity contribution in [3.8, 4) is 0 Å². The molecule has 0 fully saturated rings. The first-order valence-corrected chi connectivity index (χ1v) is 5.73. The van der Waals surface area contributed by atoms with Gasteiger partial charge >= 0.3 is 0 Å². The zero-order valence-electron chi connectivity index (χ0n) is 10.3. The highest BCUT2D eigenvalue weighted by molar-refractivity contribution is 5.85. The summed E-state index contributed by atoms with van der Waals surface area (Å²) in [6, 6.07) is 9.55. The highest BCUT2D eigenvalue weighted by Gasteiger charge is 2.15. The first kappa shape index (κ1) is 15.9. The first-order chi connectivity index (χ1) is 7.63. The van der Waals surface area contributed by atoms with Crippen LogP contribution in [0.4, 0.5) is 0 Å². The van der Waals surface area contributed by atoms with E-state index in [1.165, 1.54) is 0 Å². The molecule has 0 saturated heterocycles. The second-order valence-corrected chi connectivity index (χ2v) is 4.11. The van der Waals surface area contributed by atoms with Gasteiger partial charge in [0.15, 0.2) is 0 Å². The molecule has 0 radical (unpaired) electrons. The Hall–Kier alpha value is -1.06. The summed E-state index contributed by atoms with van der Waals surface area (Å²) in [5, 5.41) is 2.89. The monoisotopic (exact) mass is 256 g/mol. The van der Waals surface area contributed by atoms with E-state index in [0.29, 0.717) is 6.42 Å². The van der Waals surface area contributed by atoms with Crippen LogP contribution in [0.2, 0.25) is 0 Å². The number of rotatable bonds is 5. The number of benzene rings is 1. The number of halogens is 1. The maximum Gasteiger partial charge on any atom is 0.237 e. The Kier molecular flexibility index (Phi) is 7.59. The van der Waals surface area contributed by atoms with Crippen molar-refractivity contribution in [1.82, 2.24) is 5.32 Å². The lowest BCUT2D eigenvalue weighted by molar-refractivity contribution is -0.122. The molecule has 1 aromatic carbocycles. The van der Waals surface area contributed by atoms with Crippen molar-refractivity contribution in [1.29, 1.82) is 0 Å². The molecule has 0 aromatic heterocycles. The van der Waals surface area contributed by atoms with Crippen molar-refractivity contribution in [2.75, 3.05) is 0 Å². The maximum absolute atomic E-state index is 11.7. The number of nitrogens with two attached hydrogens (primary N) is 1. The van der Waals surface area contributed by atoms with Crippen molar-refractivity contribution in [3.05, 3.63) is 35.9 Å². The highest BCUT2D eigenvalue weighted by Crippen LogP contribution is 2.02. The van der Waals surface area contributed by atoms with E-state index >= 15 is 0 Å². The standard InChI is InChI=1S/C13H20N2O.ClH/c1-3-10(2)15-13(16)12(14)9-11-7-5-4-6-8-11;/h4-8,10,12H,3,9,14H2,1-2H3,(H,15,16);1H/t10?,12-;/m0./s1. The summed E-state index contributed by atoms with van der Waals surface area (Å²) in [7, 11) is 0. The van der Waals surface area contributed by atoms with Gasteiger partial charge in [-0.2, -0.15) is 0 Å². The van der Waals surface area contributed by atoms with Crippen LogP contribution in [0.25, 0.3) is 0 Å². The second kappa shape index (κ2) is 8.09. The fourth-order valence-corrected chi connectivity index (χ4v) is 1.41. The van der Waals surface area contributed by atoms with E-state index in [0.717, 1.165) is 12.0 Å². The van der Waals surface area contributed by atoms with Crippen LogP contribution in [-0.4, -0.2) is 18.0 Å². The topological polar surface area (TPSA) is 55.1 Å². The van der Waals surface area contributed by atoms with Gasteiger partial charge in [-0.1, -0.05) is 37.3 Å². The lowest BCUT2D eigenvalue weighted by atomic mass is 10.1. The van der Waals surface area contributed by atoms with Gasteiger partial charge in [0.2, 0.25) is 5.91 Å². The minimum Gasteiger partial charge on any atom is -0.352 e. The summed E-state index contributed by atoms with van der Waals surface area (Å²) in [5.41, 5.74) is 6.93. The molecule has 1 aromatic rings. The summed E-state index contributed by atoms with van der Waals surface area (Å²) < 4.78 is 0. The van der Waals surface area contributed by atoms with E-state index in [2.05, 4.69) is 5.32 Å². The largest absolute Gasteiger partial charge is 0.352 e. The van der Waals surface area contributed by atoms with Crippen molar-refractivity contribution < 1.29 is 4.79 Å². The van der Waals surface area contributed by atoms with Crippen LogP contribution in [-0.2, 0) is 11.2 Å². The predicted octanol–water partition coefficient (Wildman–Crippen LogP) is 1.89. The smallest absolute Gasteiger partial charge is 0.237 e.